The highest BCUT2D eigenvalue weighted by atomic mass is 35.5. The van der Waals surface area contributed by atoms with Crippen LogP contribution in [0.4, 0.5) is 9.52 Å². The molecule has 0 atom stereocenters. The van der Waals surface area contributed by atoms with Gasteiger partial charge in [0.1, 0.15) is 10.8 Å². The number of nitrogens with zero attached hydrogens (tertiary/aromatic N) is 2. The molecule has 0 unspecified atom stereocenters. The van der Waals surface area contributed by atoms with Gasteiger partial charge >= 0.3 is 0 Å². The van der Waals surface area contributed by atoms with Gasteiger partial charge in [0, 0.05) is 11.5 Å². The summed E-state index contributed by atoms with van der Waals surface area (Å²) in [5, 5.41) is 9.23. The molecule has 2 N–H and O–H groups in total. The molecule has 1 aromatic rings. The van der Waals surface area contributed by atoms with Gasteiger partial charge < -0.3 is 5.73 Å². The molecule has 0 aromatic carbocycles. The van der Waals surface area contributed by atoms with E-state index < -0.39 is 5.83 Å². The van der Waals surface area contributed by atoms with Crippen molar-refractivity contribution in [3.63, 3.8) is 0 Å². The fourth-order valence-electron chi connectivity index (χ4n) is 1.27. The lowest BCUT2D eigenvalue weighted by molar-refractivity contribution is 0.647. The number of nitrogen functional groups attached to an aromatic ring is 1. The van der Waals surface area contributed by atoms with E-state index in [2.05, 4.69) is 16.8 Å². The van der Waals surface area contributed by atoms with Gasteiger partial charge in [-0.05, 0) is 25.0 Å². The van der Waals surface area contributed by atoms with Crippen LogP contribution in [0.1, 0.15) is 18.4 Å². The number of hydrogen-bond acceptors (Lipinski definition) is 4. The summed E-state index contributed by atoms with van der Waals surface area (Å²) < 4.78 is 13.3. The van der Waals surface area contributed by atoms with Crippen LogP contribution in [-0.2, 0) is 6.42 Å². The lowest BCUT2D eigenvalue weighted by Crippen LogP contribution is -1.91. The first kappa shape index (κ1) is 15.6. The van der Waals surface area contributed by atoms with Gasteiger partial charge in [0.25, 0.3) is 0 Å². The quantitative estimate of drug-likeness (QED) is 0.802. The summed E-state index contributed by atoms with van der Waals surface area (Å²) in [6.07, 6.45) is 8.04. The summed E-state index contributed by atoms with van der Waals surface area (Å²) in [4.78, 5) is 0. The maximum absolute atomic E-state index is 13.3. The van der Waals surface area contributed by atoms with Crippen LogP contribution in [0.15, 0.2) is 47.3 Å². The first-order chi connectivity index (χ1) is 9.02. The average molecular weight is 300 g/mol. The molecule has 3 nitrogen and oxygen atoms in total. The molecule has 19 heavy (non-hydrogen) atoms. The number of allylic oxidation sites excluding steroid dienone is 7. The maximum Gasteiger partial charge on any atom is 0.203 e. The second-order valence-corrected chi connectivity index (χ2v) is 5.19. The van der Waals surface area contributed by atoms with E-state index in [9.17, 15) is 4.39 Å². The number of aromatic nitrogens is 2. The largest absolute Gasteiger partial charge is 0.374 e. The van der Waals surface area contributed by atoms with Crippen LogP contribution in [0.5, 0.6) is 0 Å². The third-order valence-corrected chi connectivity index (χ3v) is 3.32. The Morgan fingerprint density at radius 2 is 2.26 bits per heavy atom. The van der Waals surface area contributed by atoms with E-state index >= 15 is 0 Å². The lowest BCUT2D eigenvalue weighted by atomic mass is 10.1. The van der Waals surface area contributed by atoms with E-state index in [4.69, 9.17) is 17.3 Å². The predicted molar refractivity (Wildman–Crippen MR) is 79.7 cm³/mol. The van der Waals surface area contributed by atoms with Crippen LogP contribution in [0, 0.1) is 0 Å². The summed E-state index contributed by atoms with van der Waals surface area (Å²) in [6.45, 7) is 5.16. The van der Waals surface area contributed by atoms with Crippen LogP contribution in [0.3, 0.4) is 0 Å². The van der Waals surface area contributed by atoms with Gasteiger partial charge in [-0.15, -0.1) is 10.2 Å². The van der Waals surface area contributed by atoms with E-state index in [-0.39, 0.29) is 0 Å². The van der Waals surface area contributed by atoms with Crippen molar-refractivity contribution in [3.05, 3.63) is 52.3 Å². The molecule has 0 saturated carbocycles. The number of rotatable bonds is 6. The van der Waals surface area contributed by atoms with Crippen LogP contribution < -0.4 is 5.73 Å². The van der Waals surface area contributed by atoms with E-state index in [1.165, 1.54) is 11.3 Å². The van der Waals surface area contributed by atoms with E-state index in [1.54, 1.807) is 18.2 Å². The van der Waals surface area contributed by atoms with Crippen molar-refractivity contribution in [1.82, 2.24) is 10.2 Å². The summed E-state index contributed by atoms with van der Waals surface area (Å²) in [5.41, 5.74) is 5.96. The van der Waals surface area contributed by atoms with Crippen LogP contribution in [-0.4, -0.2) is 10.2 Å². The van der Waals surface area contributed by atoms with E-state index in [1.807, 2.05) is 13.0 Å². The minimum Gasteiger partial charge on any atom is -0.374 e. The average Bonchev–Trinajstić information content (AvgIpc) is 2.78. The zero-order valence-electron chi connectivity index (χ0n) is 10.6. The maximum atomic E-state index is 13.3. The summed E-state index contributed by atoms with van der Waals surface area (Å²) in [6, 6.07) is 0. The van der Waals surface area contributed by atoms with E-state index in [0.717, 1.165) is 0 Å². The number of hydrogen-bond donors (Lipinski definition) is 1. The monoisotopic (exact) mass is 299 g/mol. The summed E-state index contributed by atoms with van der Waals surface area (Å²) >= 11 is 7.05. The zero-order chi connectivity index (χ0) is 14.3. The Labute approximate surface area is 121 Å². The molecule has 6 heteroatoms. The van der Waals surface area contributed by atoms with Crippen molar-refractivity contribution >= 4 is 28.1 Å². The highest BCUT2D eigenvalue weighted by molar-refractivity contribution is 7.15. The smallest absolute Gasteiger partial charge is 0.203 e. The SMILES string of the molecule is C=C(F)/C(=C\C/C=C\C(Cl)=C/C)Cc1nnc(N)s1. The molecule has 1 rings (SSSR count). The Morgan fingerprint density at radius 3 is 2.79 bits per heavy atom. The highest BCUT2D eigenvalue weighted by Gasteiger charge is 2.07. The van der Waals surface area contributed by atoms with Gasteiger partial charge in [0.05, 0.1) is 0 Å². The normalized spacial score (nSPS) is 13.2. The van der Waals surface area contributed by atoms with Gasteiger partial charge in [-0.1, -0.05) is 47.7 Å². The first-order valence-corrected chi connectivity index (χ1v) is 6.82. The van der Waals surface area contributed by atoms with Crippen molar-refractivity contribution in [2.75, 3.05) is 5.73 Å². The molecule has 0 saturated heterocycles. The molecule has 0 bridgehead atoms. The molecule has 0 aliphatic heterocycles. The highest BCUT2D eigenvalue weighted by Crippen LogP contribution is 2.20. The van der Waals surface area contributed by atoms with Crippen molar-refractivity contribution in [3.8, 4) is 0 Å². The standard InChI is InChI=1S/C13H15ClFN3S/c1-3-11(14)7-5-4-6-10(9(2)15)8-12-17-18-13(16)19-12/h3,5-7H,2,4,8H2,1H3,(H2,16,18)/b7-5-,10-6-,11-3+. The Morgan fingerprint density at radius 1 is 1.53 bits per heavy atom. The van der Waals surface area contributed by atoms with Crippen LogP contribution in [0.25, 0.3) is 0 Å². The Balaban J connectivity index is 2.67. The van der Waals surface area contributed by atoms with Crippen LogP contribution in [0.2, 0.25) is 0 Å². The van der Waals surface area contributed by atoms with Crippen molar-refractivity contribution < 1.29 is 4.39 Å². The topological polar surface area (TPSA) is 51.8 Å². The van der Waals surface area contributed by atoms with Crippen molar-refractivity contribution in [1.29, 1.82) is 0 Å². The molecule has 0 radical (unpaired) electrons. The second kappa shape index (κ2) is 7.86. The first-order valence-electron chi connectivity index (χ1n) is 5.63. The molecule has 102 valence electrons. The van der Waals surface area contributed by atoms with Gasteiger partial charge in [-0.3, -0.25) is 0 Å². The molecule has 1 heterocycles. The fraction of sp³-hybridized carbons (Fsp3) is 0.231. The minimum atomic E-state index is -0.473. The number of anilines is 1. The lowest BCUT2D eigenvalue weighted by Gasteiger charge is -2.00. The zero-order valence-corrected chi connectivity index (χ0v) is 12.1. The molecule has 1 aromatic heterocycles. The predicted octanol–water partition coefficient (Wildman–Crippen LogP) is 4.16. The third kappa shape index (κ3) is 5.81. The Kier molecular flexibility index (Phi) is 6.45. The molecule has 0 amide bonds. The summed E-state index contributed by atoms with van der Waals surface area (Å²) in [7, 11) is 0. The molecule has 0 spiro atoms. The van der Waals surface area contributed by atoms with Gasteiger partial charge in [-0.2, -0.15) is 0 Å². The molecule has 0 aliphatic rings. The molecule has 0 aliphatic carbocycles. The van der Waals surface area contributed by atoms with Gasteiger partial charge in [0.15, 0.2) is 0 Å². The molecule has 0 fully saturated rings. The van der Waals surface area contributed by atoms with Gasteiger partial charge in [0.2, 0.25) is 5.13 Å². The fourth-order valence-corrected chi connectivity index (χ4v) is 1.99. The van der Waals surface area contributed by atoms with Crippen molar-refractivity contribution in [2.45, 2.75) is 19.8 Å². The number of nitrogens with two attached hydrogens (primary N) is 1. The number of halogens is 2. The van der Waals surface area contributed by atoms with Gasteiger partial charge in [-0.25, -0.2) is 4.39 Å². The van der Waals surface area contributed by atoms with E-state index in [0.29, 0.717) is 33.6 Å². The molecular formula is C13H15ClFN3S. The Hall–Kier alpha value is -1.46. The third-order valence-electron chi connectivity index (χ3n) is 2.23. The molecular weight excluding hydrogens is 285 g/mol. The Bertz CT molecular complexity index is 532. The second-order valence-electron chi connectivity index (χ2n) is 3.66. The minimum absolute atomic E-state index is 0.343. The van der Waals surface area contributed by atoms with Crippen LogP contribution >= 0.6 is 22.9 Å². The van der Waals surface area contributed by atoms with Crippen molar-refractivity contribution in [2.24, 2.45) is 0 Å². The summed E-state index contributed by atoms with van der Waals surface area (Å²) in [5.74, 6) is -0.473.